The molecule has 0 N–H and O–H groups in total. The molecule has 0 unspecified atom stereocenters. The van der Waals surface area contributed by atoms with Crippen molar-refractivity contribution in [2.45, 2.75) is 19.9 Å². The quantitative estimate of drug-likeness (QED) is 0.726. The highest BCUT2D eigenvalue weighted by Gasteiger charge is 2.10. The molecule has 1 aromatic carbocycles. The molecule has 0 aliphatic rings. The lowest BCUT2D eigenvalue weighted by atomic mass is 10.1. The topological polar surface area (TPSA) is 46.3 Å². The maximum absolute atomic E-state index is 12.6. The number of fused-ring (bicyclic) bond motifs is 1. The summed E-state index contributed by atoms with van der Waals surface area (Å²) in [5.74, 6) is 0. The third-order valence-corrected chi connectivity index (χ3v) is 3.92. The van der Waals surface area contributed by atoms with E-state index in [1.807, 2.05) is 50.4 Å². The molecule has 0 aliphatic heterocycles. The first kappa shape index (κ1) is 15.4. The Kier molecular flexibility index (Phi) is 4.53. The van der Waals surface area contributed by atoms with E-state index in [1.165, 1.54) is 0 Å². The molecule has 2 aromatic heterocycles. The number of rotatable bonds is 5. The van der Waals surface area contributed by atoms with Crippen molar-refractivity contribution in [1.82, 2.24) is 9.88 Å². The van der Waals surface area contributed by atoms with Gasteiger partial charge in [0.15, 0.2) is 5.43 Å². The predicted octanol–water partition coefficient (Wildman–Crippen LogP) is 3.17. The SMILES string of the molecule is Cc1ccc2occ(CN(C)CCc3ccccn3)c(=O)c2c1. The van der Waals surface area contributed by atoms with Crippen molar-refractivity contribution >= 4 is 11.0 Å². The molecule has 0 amide bonds. The van der Waals surface area contributed by atoms with Gasteiger partial charge in [-0.15, -0.1) is 0 Å². The number of pyridine rings is 1. The van der Waals surface area contributed by atoms with Crippen molar-refractivity contribution in [3.05, 3.63) is 75.9 Å². The lowest BCUT2D eigenvalue weighted by molar-refractivity contribution is 0.326. The summed E-state index contributed by atoms with van der Waals surface area (Å²) in [7, 11) is 2.00. The Hall–Kier alpha value is -2.46. The van der Waals surface area contributed by atoms with E-state index >= 15 is 0 Å². The molecule has 0 radical (unpaired) electrons. The summed E-state index contributed by atoms with van der Waals surface area (Å²) in [5.41, 5.74) is 3.50. The molecule has 4 heteroatoms. The maximum Gasteiger partial charge on any atom is 0.197 e. The van der Waals surface area contributed by atoms with Crippen LogP contribution in [0.25, 0.3) is 11.0 Å². The molecular weight excluding hydrogens is 288 g/mol. The Balaban J connectivity index is 1.73. The fraction of sp³-hybridized carbons (Fsp3) is 0.263. The standard InChI is InChI=1S/C19H20N2O2/c1-14-6-7-18-17(11-14)19(22)15(13-23-18)12-21(2)10-8-16-5-3-4-9-20-16/h3-7,9,11,13H,8,10,12H2,1-2H3. The Morgan fingerprint density at radius 1 is 1.22 bits per heavy atom. The molecule has 0 aliphatic carbocycles. The smallest absolute Gasteiger partial charge is 0.197 e. The second-order valence-electron chi connectivity index (χ2n) is 5.90. The molecule has 4 nitrogen and oxygen atoms in total. The third-order valence-electron chi connectivity index (χ3n) is 3.92. The van der Waals surface area contributed by atoms with Crippen LogP contribution in [0.4, 0.5) is 0 Å². The number of aromatic nitrogens is 1. The second-order valence-corrected chi connectivity index (χ2v) is 5.90. The van der Waals surface area contributed by atoms with Crippen molar-refractivity contribution in [2.75, 3.05) is 13.6 Å². The van der Waals surface area contributed by atoms with Crippen LogP contribution >= 0.6 is 0 Å². The molecule has 0 spiro atoms. The predicted molar refractivity (Wildman–Crippen MR) is 91.5 cm³/mol. The zero-order chi connectivity index (χ0) is 16.2. The van der Waals surface area contributed by atoms with Gasteiger partial charge in [-0.25, -0.2) is 0 Å². The van der Waals surface area contributed by atoms with E-state index in [1.54, 1.807) is 12.5 Å². The fourth-order valence-corrected chi connectivity index (χ4v) is 2.62. The molecule has 0 saturated heterocycles. The van der Waals surface area contributed by atoms with Crippen LogP contribution in [0.3, 0.4) is 0 Å². The van der Waals surface area contributed by atoms with E-state index in [0.29, 0.717) is 23.1 Å². The first-order valence-electron chi connectivity index (χ1n) is 7.73. The minimum absolute atomic E-state index is 0.0552. The number of hydrogen-bond acceptors (Lipinski definition) is 4. The van der Waals surface area contributed by atoms with E-state index in [9.17, 15) is 4.79 Å². The van der Waals surface area contributed by atoms with Gasteiger partial charge in [0, 0.05) is 37.0 Å². The van der Waals surface area contributed by atoms with E-state index in [2.05, 4.69) is 9.88 Å². The molecular formula is C19H20N2O2. The van der Waals surface area contributed by atoms with Gasteiger partial charge < -0.3 is 9.32 Å². The normalized spacial score (nSPS) is 11.3. The number of aryl methyl sites for hydroxylation is 1. The highest BCUT2D eigenvalue weighted by atomic mass is 16.3. The Labute approximate surface area is 135 Å². The van der Waals surface area contributed by atoms with Crippen molar-refractivity contribution in [2.24, 2.45) is 0 Å². The number of benzene rings is 1. The van der Waals surface area contributed by atoms with Gasteiger partial charge in [-0.2, -0.15) is 0 Å². The van der Waals surface area contributed by atoms with Gasteiger partial charge in [-0.1, -0.05) is 17.7 Å². The fourth-order valence-electron chi connectivity index (χ4n) is 2.62. The van der Waals surface area contributed by atoms with Gasteiger partial charge in [-0.3, -0.25) is 9.78 Å². The molecule has 118 valence electrons. The molecule has 3 rings (SSSR count). The summed E-state index contributed by atoms with van der Waals surface area (Å²) < 4.78 is 5.60. The monoisotopic (exact) mass is 308 g/mol. The van der Waals surface area contributed by atoms with Gasteiger partial charge >= 0.3 is 0 Å². The molecule has 0 bridgehead atoms. The van der Waals surface area contributed by atoms with Crippen LogP contribution in [0.15, 0.2) is 58.1 Å². The molecule has 0 saturated carbocycles. The van der Waals surface area contributed by atoms with Crippen molar-refractivity contribution in [1.29, 1.82) is 0 Å². The number of nitrogens with zero attached hydrogens (tertiary/aromatic N) is 2. The first-order valence-corrected chi connectivity index (χ1v) is 7.73. The number of hydrogen-bond donors (Lipinski definition) is 0. The lowest BCUT2D eigenvalue weighted by Gasteiger charge is -2.16. The van der Waals surface area contributed by atoms with Gasteiger partial charge in [-0.05, 0) is 38.2 Å². The van der Waals surface area contributed by atoms with Crippen LogP contribution in [-0.2, 0) is 13.0 Å². The Morgan fingerprint density at radius 2 is 2.09 bits per heavy atom. The zero-order valence-electron chi connectivity index (χ0n) is 13.5. The van der Waals surface area contributed by atoms with Gasteiger partial charge in [0.1, 0.15) is 5.58 Å². The summed E-state index contributed by atoms with van der Waals surface area (Å²) in [6, 6.07) is 11.6. The molecule has 23 heavy (non-hydrogen) atoms. The lowest BCUT2D eigenvalue weighted by Crippen LogP contribution is -2.24. The average molecular weight is 308 g/mol. The minimum Gasteiger partial charge on any atom is -0.464 e. The number of likely N-dealkylation sites (N-methyl/N-ethyl adjacent to an activating group) is 1. The molecule has 2 heterocycles. The van der Waals surface area contributed by atoms with Gasteiger partial charge in [0.25, 0.3) is 0 Å². The van der Waals surface area contributed by atoms with Crippen LogP contribution in [0, 0.1) is 6.92 Å². The Bertz CT molecular complexity index is 856. The van der Waals surface area contributed by atoms with Gasteiger partial charge in [0.2, 0.25) is 0 Å². The van der Waals surface area contributed by atoms with Crippen LogP contribution < -0.4 is 5.43 Å². The zero-order valence-corrected chi connectivity index (χ0v) is 13.5. The van der Waals surface area contributed by atoms with E-state index in [-0.39, 0.29) is 5.43 Å². The van der Waals surface area contributed by atoms with Crippen LogP contribution in [0.1, 0.15) is 16.8 Å². The Morgan fingerprint density at radius 3 is 2.87 bits per heavy atom. The molecule has 3 aromatic rings. The highest BCUT2D eigenvalue weighted by molar-refractivity contribution is 5.77. The van der Waals surface area contributed by atoms with Crippen molar-refractivity contribution in [3.63, 3.8) is 0 Å². The summed E-state index contributed by atoms with van der Waals surface area (Å²) in [6.45, 7) is 3.38. The summed E-state index contributed by atoms with van der Waals surface area (Å²) in [5, 5.41) is 0.653. The summed E-state index contributed by atoms with van der Waals surface area (Å²) >= 11 is 0. The van der Waals surface area contributed by atoms with Crippen LogP contribution in [-0.4, -0.2) is 23.5 Å². The summed E-state index contributed by atoms with van der Waals surface area (Å²) in [6.07, 6.45) is 4.24. The average Bonchev–Trinajstić information content (AvgIpc) is 2.57. The first-order chi connectivity index (χ1) is 11.1. The largest absolute Gasteiger partial charge is 0.464 e. The maximum atomic E-state index is 12.6. The van der Waals surface area contributed by atoms with E-state index in [0.717, 1.165) is 24.2 Å². The van der Waals surface area contributed by atoms with E-state index in [4.69, 9.17) is 4.42 Å². The highest BCUT2D eigenvalue weighted by Crippen LogP contribution is 2.14. The van der Waals surface area contributed by atoms with Crippen molar-refractivity contribution in [3.8, 4) is 0 Å². The third kappa shape index (κ3) is 3.66. The molecule has 0 atom stereocenters. The second kappa shape index (κ2) is 6.75. The summed E-state index contributed by atoms with van der Waals surface area (Å²) in [4.78, 5) is 19.0. The van der Waals surface area contributed by atoms with Crippen molar-refractivity contribution < 1.29 is 4.42 Å². The van der Waals surface area contributed by atoms with Crippen LogP contribution in [0.5, 0.6) is 0 Å². The molecule has 0 fully saturated rings. The van der Waals surface area contributed by atoms with E-state index < -0.39 is 0 Å². The minimum atomic E-state index is 0.0552. The van der Waals surface area contributed by atoms with Gasteiger partial charge in [0.05, 0.1) is 11.6 Å². The van der Waals surface area contributed by atoms with Crippen LogP contribution in [0.2, 0.25) is 0 Å².